The normalized spacial score (nSPS) is 10.4. The maximum atomic E-state index is 13.4. The molecule has 1 nitrogen and oxygen atoms in total. The molecule has 0 aromatic heterocycles. The first-order valence-electron chi connectivity index (χ1n) is 5.20. The summed E-state index contributed by atoms with van der Waals surface area (Å²) in [4.78, 5) is 0. The quantitative estimate of drug-likeness (QED) is 0.785. The van der Waals surface area contributed by atoms with E-state index in [9.17, 15) is 8.78 Å². The van der Waals surface area contributed by atoms with Crippen molar-refractivity contribution in [3.63, 3.8) is 0 Å². The Kier molecular flexibility index (Phi) is 4.35. The van der Waals surface area contributed by atoms with Crippen LogP contribution in [0.25, 0.3) is 0 Å². The van der Waals surface area contributed by atoms with Gasteiger partial charge in [-0.15, -0.1) is 0 Å². The largest absolute Gasteiger partial charge is 0.380 e. The molecule has 0 aliphatic heterocycles. The molecule has 0 spiro atoms. The number of halogens is 4. The van der Waals surface area contributed by atoms with Gasteiger partial charge in [0.1, 0.15) is 11.6 Å². The van der Waals surface area contributed by atoms with Gasteiger partial charge in [-0.3, -0.25) is 0 Å². The molecule has 2 aromatic carbocycles. The first kappa shape index (κ1) is 13.5. The van der Waals surface area contributed by atoms with E-state index in [0.717, 1.165) is 14.6 Å². The molecule has 0 aliphatic carbocycles. The van der Waals surface area contributed by atoms with Crippen LogP contribution >= 0.6 is 31.9 Å². The number of benzene rings is 2. The van der Waals surface area contributed by atoms with Crippen molar-refractivity contribution in [3.8, 4) is 0 Å². The van der Waals surface area contributed by atoms with Crippen molar-refractivity contribution in [3.05, 3.63) is 62.5 Å². The Morgan fingerprint density at radius 1 is 1.00 bits per heavy atom. The third kappa shape index (κ3) is 3.09. The zero-order chi connectivity index (χ0) is 13.1. The summed E-state index contributed by atoms with van der Waals surface area (Å²) >= 11 is 6.72. The van der Waals surface area contributed by atoms with Gasteiger partial charge in [-0.2, -0.15) is 0 Å². The zero-order valence-electron chi connectivity index (χ0n) is 9.18. The lowest BCUT2D eigenvalue weighted by atomic mass is 10.2. The third-order valence-electron chi connectivity index (χ3n) is 2.45. The molecule has 18 heavy (non-hydrogen) atoms. The second kappa shape index (κ2) is 5.80. The number of rotatable bonds is 3. The van der Waals surface area contributed by atoms with Crippen LogP contribution < -0.4 is 5.32 Å². The summed E-state index contributed by atoms with van der Waals surface area (Å²) < 4.78 is 28.6. The van der Waals surface area contributed by atoms with Gasteiger partial charge in [0, 0.05) is 26.7 Å². The number of nitrogens with one attached hydrogen (secondary N) is 1. The van der Waals surface area contributed by atoms with Gasteiger partial charge in [0.2, 0.25) is 0 Å². The lowest BCUT2D eigenvalue weighted by Gasteiger charge is -2.10. The summed E-state index contributed by atoms with van der Waals surface area (Å²) in [5.74, 6) is -1.09. The SMILES string of the molecule is Fc1cccc(F)c1CNc1ccc(Br)cc1Br. The van der Waals surface area contributed by atoms with Crippen molar-refractivity contribution in [2.45, 2.75) is 6.54 Å². The molecule has 0 bridgehead atoms. The number of hydrogen-bond donors (Lipinski definition) is 1. The summed E-state index contributed by atoms with van der Waals surface area (Å²) in [6.45, 7) is 0.0960. The molecule has 0 heterocycles. The van der Waals surface area contributed by atoms with E-state index in [4.69, 9.17) is 0 Å². The molecule has 0 atom stereocenters. The average molecular weight is 377 g/mol. The molecule has 5 heteroatoms. The molecule has 0 amide bonds. The highest BCUT2D eigenvalue weighted by Gasteiger charge is 2.08. The second-order valence-electron chi connectivity index (χ2n) is 3.68. The van der Waals surface area contributed by atoms with Crippen LogP contribution in [0.5, 0.6) is 0 Å². The Morgan fingerprint density at radius 2 is 1.67 bits per heavy atom. The maximum Gasteiger partial charge on any atom is 0.131 e. The van der Waals surface area contributed by atoms with Crippen molar-refractivity contribution in [2.75, 3.05) is 5.32 Å². The molecule has 0 aliphatic rings. The minimum absolute atomic E-state index is 0.0346. The Morgan fingerprint density at radius 3 is 2.28 bits per heavy atom. The third-order valence-corrected chi connectivity index (χ3v) is 3.60. The highest BCUT2D eigenvalue weighted by atomic mass is 79.9. The predicted molar refractivity (Wildman–Crippen MR) is 75.5 cm³/mol. The van der Waals surface area contributed by atoms with Crippen molar-refractivity contribution >= 4 is 37.5 Å². The fourth-order valence-electron chi connectivity index (χ4n) is 1.52. The van der Waals surface area contributed by atoms with Gasteiger partial charge in [0.25, 0.3) is 0 Å². The molecule has 2 rings (SSSR count). The van der Waals surface area contributed by atoms with E-state index in [1.165, 1.54) is 18.2 Å². The van der Waals surface area contributed by atoms with Crippen LogP contribution in [0.4, 0.5) is 14.5 Å². The van der Waals surface area contributed by atoms with Crippen LogP contribution in [-0.4, -0.2) is 0 Å². The van der Waals surface area contributed by atoms with Crippen molar-refractivity contribution in [2.24, 2.45) is 0 Å². The average Bonchev–Trinajstić information content (AvgIpc) is 2.31. The molecular formula is C13H9Br2F2N. The van der Waals surface area contributed by atoms with Crippen molar-refractivity contribution in [1.82, 2.24) is 0 Å². The van der Waals surface area contributed by atoms with Gasteiger partial charge in [-0.05, 0) is 46.3 Å². The first-order chi connectivity index (χ1) is 8.58. The van der Waals surface area contributed by atoms with E-state index in [2.05, 4.69) is 37.2 Å². The van der Waals surface area contributed by atoms with Crippen LogP contribution in [0, 0.1) is 11.6 Å². The first-order valence-corrected chi connectivity index (χ1v) is 6.78. The van der Waals surface area contributed by atoms with Gasteiger partial charge >= 0.3 is 0 Å². The summed E-state index contributed by atoms with van der Waals surface area (Å²) in [5.41, 5.74) is 0.813. The van der Waals surface area contributed by atoms with Crippen LogP contribution in [-0.2, 0) is 6.54 Å². The van der Waals surface area contributed by atoms with Gasteiger partial charge in [-0.25, -0.2) is 8.78 Å². The molecule has 0 saturated heterocycles. The number of anilines is 1. The standard InChI is InChI=1S/C13H9Br2F2N/c14-8-4-5-13(10(15)6-8)18-7-9-11(16)2-1-3-12(9)17/h1-6,18H,7H2. The molecule has 0 unspecified atom stereocenters. The second-order valence-corrected chi connectivity index (χ2v) is 5.45. The minimum Gasteiger partial charge on any atom is -0.380 e. The topological polar surface area (TPSA) is 12.0 Å². The molecule has 94 valence electrons. The number of hydrogen-bond acceptors (Lipinski definition) is 1. The van der Waals surface area contributed by atoms with E-state index in [-0.39, 0.29) is 12.1 Å². The van der Waals surface area contributed by atoms with E-state index >= 15 is 0 Å². The van der Waals surface area contributed by atoms with Crippen LogP contribution in [0.2, 0.25) is 0 Å². The smallest absolute Gasteiger partial charge is 0.131 e. The Labute approximate surface area is 120 Å². The maximum absolute atomic E-state index is 13.4. The van der Waals surface area contributed by atoms with E-state index < -0.39 is 11.6 Å². The molecule has 0 radical (unpaired) electrons. The predicted octanol–water partition coefficient (Wildman–Crippen LogP) is 5.10. The van der Waals surface area contributed by atoms with Crippen molar-refractivity contribution < 1.29 is 8.78 Å². The fourth-order valence-corrected chi connectivity index (χ4v) is 2.70. The highest BCUT2D eigenvalue weighted by molar-refractivity contribution is 9.11. The minimum atomic E-state index is -0.546. The van der Waals surface area contributed by atoms with Crippen molar-refractivity contribution in [1.29, 1.82) is 0 Å². The van der Waals surface area contributed by atoms with Gasteiger partial charge in [0.15, 0.2) is 0 Å². The van der Waals surface area contributed by atoms with Crippen LogP contribution in [0.15, 0.2) is 45.3 Å². The highest BCUT2D eigenvalue weighted by Crippen LogP contribution is 2.27. The summed E-state index contributed by atoms with van der Waals surface area (Å²) in [5, 5.41) is 2.99. The van der Waals surface area contributed by atoms with E-state index in [1.54, 1.807) is 0 Å². The molecule has 2 aromatic rings. The van der Waals surface area contributed by atoms with E-state index in [1.807, 2.05) is 18.2 Å². The van der Waals surface area contributed by atoms with Gasteiger partial charge < -0.3 is 5.32 Å². The van der Waals surface area contributed by atoms with Gasteiger partial charge in [-0.1, -0.05) is 22.0 Å². The van der Waals surface area contributed by atoms with E-state index in [0.29, 0.717) is 0 Å². The lowest BCUT2D eigenvalue weighted by molar-refractivity contribution is 0.560. The molecule has 0 fully saturated rings. The Bertz CT molecular complexity index is 553. The molecule has 1 N–H and O–H groups in total. The summed E-state index contributed by atoms with van der Waals surface area (Å²) in [6, 6.07) is 9.38. The van der Waals surface area contributed by atoms with Gasteiger partial charge in [0.05, 0.1) is 0 Å². The zero-order valence-corrected chi connectivity index (χ0v) is 12.4. The van der Waals surface area contributed by atoms with Crippen LogP contribution in [0.1, 0.15) is 5.56 Å². The monoisotopic (exact) mass is 375 g/mol. The summed E-state index contributed by atoms with van der Waals surface area (Å²) in [6.07, 6.45) is 0. The fraction of sp³-hybridized carbons (Fsp3) is 0.0769. The molecule has 0 saturated carbocycles. The van der Waals surface area contributed by atoms with Crippen LogP contribution in [0.3, 0.4) is 0 Å². The Hall–Kier alpha value is -0.940. The lowest BCUT2D eigenvalue weighted by Crippen LogP contribution is -2.04. The molecular weight excluding hydrogens is 368 g/mol. The Balaban J connectivity index is 2.16. The summed E-state index contributed by atoms with van der Waals surface area (Å²) in [7, 11) is 0.